The van der Waals surface area contributed by atoms with Crippen molar-refractivity contribution in [3.05, 3.63) is 138 Å². The van der Waals surface area contributed by atoms with Crippen LogP contribution in [0.25, 0.3) is 72.5 Å². The van der Waals surface area contributed by atoms with Gasteiger partial charge in [0.25, 0.3) is 0 Å². The number of para-hydroxylation sites is 1. The molecule has 0 aliphatic heterocycles. The summed E-state index contributed by atoms with van der Waals surface area (Å²) in [5.41, 5.74) is 6.04. The van der Waals surface area contributed by atoms with Crippen LogP contribution in [0.1, 0.15) is 45.7 Å². The third kappa shape index (κ3) is 5.64. The summed E-state index contributed by atoms with van der Waals surface area (Å²) >= 11 is 0. The molecule has 7 heteroatoms. The van der Waals surface area contributed by atoms with E-state index in [-0.39, 0.29) is 48.9 Å². The zero-order valence-electron chi connectivity index (χ0n) is 33.8. The van der Waals surface area contributed by atoms with E-state index in [1.54, 1.807) is 30.6 Å². The number of furan rings is 1. The number of aryl methyl sites for hydroxylation is 2. The molecule has 0 atom stereocenters. The van der Waals surface area contributed by atoms with Crippen LogP contribution in [0.5, 0.6) is 11.5 Å². The van der Waals surface area contributed by atoms with E-state index in [0.717, 1.165) is 27.4 Å². The number of rotatable bonds is 5. The van der Waals surface area contributed by atoms with Crippen LogP contribution in [0, 0.1) is 25.8 Å². The second-order valence-corrected chi connectivity index (χ2v) is 13.3. The summed E-state index contributed by atoms with van der Waals surface area (Å²) in [6.07, 6.45) is 3.34. The van der Waals surface area contributed by atoms with Crippen LogP contribution < -0.4 is 4.74 Å². The van der Waals surface area contributed by atoms with E-state index >= 15 is 0 Å². The van der Waals surface area contributed by atoms with Crippen molar-refractivity contribution >= 4 is 38.8 Å². The molecule has 4 aromatic heterocycles. The van der Waals surface area contributed by atoms with Crippen LogP contribution >= 0.6 is 0 Å². The first-order valence-corrected chi connectivity index (χ1v) is 16.2. The van der Waals surface area contributed by atoms with Crippen LogP contribution in [0.3, 0.4) is 0 Å². The molecule has 51 heavy (non-hydrogen) atoms. The van der Waals surface area contributed by atoms with Gasteiger partial charge in [-0.15, -0.1) is 35.4 Å². The molecule has 0 N–H and O–H groups in total. The van der Waals surface area contributed by atoms with E-state index in [4.69, 9.17) is 21.8 Å². The van der Waals surface area contributed by atoms with E-state index in [2.05, 4.69) is 55.0 Å². The number of nitrogens with zero attached hydrogens (tertiary/aromatic N) is 3. The van der Waals surface area contributed by atoms with Crippen molar-refractivity contribution in [1.29, 1.82) is 0 Å². The molecule has 0 saturated heterocycles. The second-order valence-electron chi connectivity index (χ2n) is 13.3. The quantitative estimate of drug-likeness (QED) is 0.161. The molecule has 252 valence electrons. The van der Waals surface area contributed by atoms with E-state index < -0.39 is 13.7 Å². The Hall–Kier alpha value is -5.45. The summed E-state index contributed by atoms with van der Waals surface area (Å²) in [6, 6.07) is 35.3. The summed E-state index contributed by atoms with van der Waals surface area (Å²) in [6.45, 7) is 1.21. The predicted molar refractivity (Wildman–Crippen MR) is 199 cm³/mol. The van der Waals surface area contributed by atoms with E-state index in [0.29, 0.717) is 50.8 Å². The Morgan fingerprint density at radius 2 is 1.55 bits per heavy atom. The van der Waals surface area contributed by atoms with E-state index in [9.17, 15) is 0 Å². The maximum atomic E-state index is 8.37. The number of oxazole rings is 1. The van der Waals surface area contributed by atoms with Crippen molar-refractivity contribution in [2.24, 2.45) is 0 Å². The second kappa shape index (κ2) is 12.4. The van der Waals surface area contributed by atoms with Crippen LogP contribution in [0.4, 0.5) is 0 Å². The molecule has 0 amide bonds. The smallest absolute Gasteiger partial charge is 0.497 e. The van der Waals surface area contributed by atoms with E-state index in [1.807, 2.05) is 52.9 Å². The van der Waals surface area contributed by atoms with Gasteiger partial charge in [0.15, 0.2) is 5.58 Å². The molecular weight excluding hydrogens is 814 g/mol. The molecule has 5 aromatic carbocycles. The molecule has 0 fully saturated rings. The number of hydrogen-bond acceptors (Lipinski definition) is 5. The van der Waals surface area contributed by atoms with Gasteiger partial charge < -0.3 is 23.0 Å². The Bertz CT molecular complexity index is 2960. The molecule has 0 aliphatic carbocycles. The van der Waals surface area contributed by atoms with Crippen LogP contribution in [0.2, 0.25) is 0 Å². The molecule has 4 heterocycles. The molecule has 0 radical (unpaired) electrons. The third-order valence-corrected chi connectivity index (χ3v) is 8.99. The molecule has 0 bridgehead atoms. The molecule has 6 nitrogen and oxygen atoms in total. The number of ether oxygens (including phenoxy) is 1. The fourth-order valence-corrected chi connectivity index (χ4v) is 6.52. The zero-order chi connectivity index (χ0) is 39.1. The third-order valence-electron chi connectivity index (χ3n) is 8.99. The number of fused-ring (bicyclic) bond motifs is 6. The topological polar surface area (TPSA) is 65.7 Å². The Morgan fingerprint density at radius 1 is 0.745 bits per heavy atom. The number of benzene rings is 5. The Kier molecular flexibility index (Phi) is 6.41. The maximum Gasteiger partial charge on any atom is 2.00 e. The summed E-state index contributed by atoms with van der Waals surface area (Å²) < 4.78 is 71.2. The standard InChI is InChI=1S/C44H33N3O3.Pt/c1-26-10-8-11-27(2)40(26)29-20-30(41-42-35(18-19-45-41)34-14-6-7-15-37(34)50-42)23-33(22-29)48-32-13-9-12-28(21-32)43-46-25-39-47(43)36-17-16-31(44(3,4)5)24-38(36)49-39;/h6-20,22,24-25H,1-5H3;/q-2;+2/i1D3,2D3;. The zero-order valence-corrected chi connectivity index (χ0v) is 30.0. The van der Waals surface area contributed by atoms with Crippen molar-refractivity contribution in [1.82, 2.24) is 14.4 Å². The largest absolute Gasteiger partial charge is 2.00 e. The van der Waals surface area contributed by atoms with Crippen molar-refractivity contribution in [3.63, 3.8) is 0 Å². The van der Waals surface area contributed by atoms with Crippen LogP contribution in [-0.2, 0) is 26.5 Å². The SMILES string of the molecule is [2H]C([2H])([2H])c1cccc(C([2H])([2H])[2H])c1-c1cc(Oc2[c-]c(-c3ncc4oc5cc(C(C)(C)C)ccc5n34)ccc2)[c-]c(-c2nccc3c2oc2ccccc23)c1.[Pt+2]. The maximum absolute atomic E-state index is 8.37. The minimum Gasteiger partial charge on any atom is -0.497 e. The molecule has 0 aliphatic rings. The van der Waals surface area contributed by atoms with Gasteiger partial charge in [0, 0.05) is 42.4 Å². The first-order chi connectivity index (χ1) is 26.6. The number of aromatic nitrogens is 3. The number of pyridine rings is 1. The van der Waals surface area contributed by atoms with Gasteiger partial charge in [-0.3, -0.25) is 4.98 Å². The van der Waals surface area contributed by atoms with Gasteiger partial charge in [-0.1, -0.05) is 87.0 Å². The van der Waals surface area contributed by atoms with Gasteiger partial charge in [-0.05, 0) is 65.6 Å². The summed E-state index contributed by atoms with van der Waals surface area (Å²) in [5, 5.41) is 1.72. The van der Waals surface area contributed by atoms with Gasteiger partial charge in [-0.2, -0.15) is 0 Å². The van der Waals surface area contributed by atoms with E-state index in [1.165, 1.54) is 18.2 Å². The molecule has 9 aromatic rings. The number of imidazole rings is 1. The first-order valence-electron chi connectivity index (χ1n) is 19.2. The molecule has 9 rings (SSSR count). The normalized spacial score (nSPS) is 14.1. The number of hydrogen-bond donors (Lipinski definition) is 0. The van der Waals surface area contributed by atoms with Crippen LogP contribution in [-0.4, -0.2) is 14.4 Å². The molecule has 0 spiro atoms. The van der Waals surface area contributed by atoms with Gasteiger partial charge in [0.05, 0.1) is 17.5 Å². The van der Waals surface area contributed by atoms with Crippen LogP contribution in [0.15, 0.2) is 118 Å². The van der Waals surface area contributed by atoms with Crippen molar-refractivity contribution < 1.29 is 42.9 Å². The summed E-state index contributed by atoms with van der Waals surface area (Å²) in [7, 11) is 0. The van der Waals surface area contributed by atoms with Crippen molar-refractivity contribution in [2.75, 3.05) is 0 Å². The Labute approximate surface area is 318 Å². The van der Waals surface area contributed by atoms with Crippen molar-refractivity contribution in [2.45, 2.75) is 39.9 Å². The van der Waals surface area contributed by atoms with Gasteiger partial charge >= 0.3 is 21.1 Å². The average molecular weight is 853 g/mol. The minimum atomic E-state index is -2.63. The summed E-state index contributed by atoms with van der Waals surface area (Å²) in [4.78, 5) is 9.35. The minimum absolute atomic E-state index is 0. The Morgan fingerprint density at radius 3 is 2.37 bits per heavy atom. The fourth-order valence-electron chi connectivity index (χ4n) is 6.52. The average Bonchev–Trinajstić information content (AvgIpc) is 3.85. The predicted octanol–water partition coefficient (Wildman–Crippen LogP) is 11.7. The summed E-state index contributed by atoms with van der Waals surface area (Å²) in [5.74, 6) is 1.09. The molecule has 0 saturated carbocycles. The van der Waals surface area contributed by atoms with Gasteiger partial charge in [0.1, 0.15) is 11.2 Å². The fraction of sp³-hybridized carbons (Fsp3) is 0.136. The Balaban J connectivity index is 0.00000455. The van der Waals surface area contributed by atoms with Gasteiger partial charge in [0.2, 0.25) is 5.71 Å². The molecular formula is C44H33N3O3Pt. The molecule has 0 unspecified atom stereocenters. The van der Waals surface area contributed by atoms with Crippen molar-refractivity contribution in [3.8, 4) is 45.3 Å². The monoisotopic (exact) mass is 852 g/mol. The first kappa shape index (κ1) is 26.4. The van der Waals surface area contributed by atoms with Gasteiger partial charge in [-0.25, -0.2) is 0 Å².